The molecule has 0 bridgehead atoms. The van der Waals surface area contributed by atoms with Crippen LogP contribution in [-0.4, -0.2) is 64.1 Å². The number of ether oxygens (including phenoxy) is 2. The zero-order chi connectivity index (χ0) is 25.1. The third kappa shape index (κ3) is 5.24. The average molecular weight is 504 g/mol. The van der Waals surface area contributed by atoms with Gasteiger partial charge in [0, 0.05) is 13.1 Å². The molecule has 2 aromatic carbocycles. The Labute approximate surface area is 213 Å². The monoisotopic (exact) mass is 503 g/mol. The van der Waals surface area contributed by atoms with Gasteiger partial charge in [0.25, 0.3) is 5.91 Å². The Morgan fingerprint density at radius 2 is 1.89 bits per heavy atom. The van der Waals surface area contributed by atoms with Crippen LogP contribution in [0, 0.1) is 5.41 Å². The number of carbonyl (C=O) groups is 2. The number of hydrogen-bond donors (Lipinski definition) is 1. The van der Waals surface area contributed by atoms with Gasteiger partial charge in [-0.15, -0.1) is 0 Å². The van der Waals surface area contributed by atoms with Gasteiger partial charge in [-0.1, -0.05) is 42.5 Å². The molecule has 5 rings (SSSR count). The number of thioether (sulfide) groups is 1. The van der Waals surface area contributed by atoms with Gasteiger partial charge in [-0.05, 0) is 48.0 Å². The zero-order valence-electron chi connectivity index (χ0n) is 19.7. The van der Waals surface area contributed by atoms with E-state index >= 15 is 0 Å². The van der Waals surface area contributed by atoms with E-state index in [-0.39, 0.29) is 29.8 Å². The lowest BCUT2D eigenvalue weighted by molar-refractivity contribution is -0.133. The van der Waals surface area contributed by atoms with Gasteiger partial charge >= 0.3 is 0 Å². The standard InChI is InChI=1S/C26H25N5O4S/c1-17(19-5-3-2-4-6-19)35-20-9-7-18(8-10-20)15-21-24(27)31-26(28-25(21)33)36-22(29-31)16-23(32)30-11-13-34-14-12-30/h2-10,15,17,27H,11-14,16H2,1H3/b21-15-,27-24?. The minimum absolute atomic E-state index is 0.0532. The summed E-state index contributed by atoms with van der Waals surface area (Å²) in [5.74, 6) is 0.0774. The lowest BCUT2D eigenvalue weighted by Crippen LogP contribution is -2.41. The third-order valence-electron chi connectivity index (χ3n) is 5.94. The van der Waals surface area contributed by atoms with Gasteiger partial charge in [-0.2, -0.15) is 15.1 Å². The van der Waals surface area contributed by atoms with Gasteiger partial charge in [0.05, 0.1) is 25.2 Å². The molecule has 3 aliphatic heterocycles. The largest absolute Gasteiger partial charge is 0.486 e. The van der Waals surface area contributed by atoms with Crippen molar-refractivity contribution in [3.8, 4) is 5.75 Å². The fraction of sp³-hybridized carbons (Fsp3) is 0.269. The van der Waals surface area contributed by atoms with Crippen LogP contribution in [0.5, 0.6) is 5.75 Å². The number of fused-ring (bicyclic) bond motifs is 1. The summed E-state index contributed by atoms with van der Waals surface area (Å²) in [7, 11) is 0. The van der Waals surface area contributed by atoms with Crippen LogP contribution < -0.4 is 4.74 Å². The van der Waals surface area contributed by atoms with Gasteiger partial charge in [-0.3, -0.25) is 15.0 Å². The van der Waals surface area contributed by atoms with Crippen molar-refractivity contribution in [2.75, 3.05) is 26.3 Å². The van der Waals surface area contributed by atoms with Crippen molar-refractivity contribution in [2.45, 2.75) is 19.4 Å². The molecule has 9 nitrogen and oxygen atoms in total. The Kier molecular flexibility index (Phi) is 6.97. The predicted octanol–water partition coefficient (Wildman–Crippen LogP) is 3.69. The fourth-order valence-electron chi connectivity index (χ4n) is 3.96. The maximum atomic E-state index is 12.7. The number of nitrogens with zero attached hydrogens (tertiary/aromatic N) is 4. The number of rotatable bonds is 6. The van der Waals surface area contributed by atoms with E-state index in [0.29, 0.717) is 42.3 Å². The number of morpholine rings is 1. The van der Waals surface area contributed by atoms with Crippen molar-refractivity contribution in [2.24, 2.45) is 10.1 Å². The van der Waals surface area contributed by atoms with Crippen molar-refractivity contribution < 1.29 is 19.1 Å². The summed E-state index contributed by atoms with van der Waals surface area (Å²) < 4.78 is 11.3. The van der Waals surface area contributed by atoms with Gasteiger partial charge in [0.1, 0.15) is 16.9 Å². The lowest BCUT2D eigenvalue weighted by atomic mass is 10.1. The summed E-state index contributed by atoms with van der Waals surface area (Å²) in [6, 6.07) is 17.3. The summed E-state index contributed by atoms with van der Waals surface area (Å²) in [5.41, 5.74) is 1.95. The molecule has 2 aromatic rings. The highest BCUT2D eigenvalue weighted by Crippen LogP contribution is 2.30. The molecule has 10 heteroatoms. The maximum Gasteiger partial charge on any atom is 0.283 e. The van der Waals surface area contributed by atoms with Crippen LogP contribution >= 0.6 is 11.8 Å². The van der Waals surface area contributed by atoms with Crippen molar-refractivity contribution >= 4 is 45.7 Å². The quantitative estimate of drug-likeness (QED) is 0.603. The molecule has 2 amide bonds. The van der Waals surface area contributed by atoms with Crippen molar-refractivity contribution in [3.05, 3.63) is 71.3 Å². The summed E-state index contributed by atoms with van der Waals surface area (Å²) in [6.07, 6.45) is 1.61. The van der Waals surface area contributed by atoms with Crippen LogP contribution in [0.1, 0.15) is 30.6 Å². The molecule has 184 valence electrons. The molecule has 3 heterocycles. The van der Waals surface area contributed by atoms with E-state index in [0.717, 1.165) is 22.9 Å². The molecule has 36 heavy (non-hydrogen) atoms. The molecule has 1 N–H and O–H groups in total. The Morgan fingerprint density at radius 1 is 1.17 bits per heavy atom. The van der Waals surface area contributed by atoms with Gasteiger partial charge in [-0.25, -0.2) is 0 Å². The Hall–Kier alpha value is -3.76. The highest BCUT2D eigenvalue weighted by Gasteiger charge is 2.36. The minimum atomic E-state index is -0.507. The van der Waals surface area contributed by atoms with Crippen molar-refractivity contribution in [1.82, 2.24) is 9.91 Å². The van der Waals surface area contributed by atoms with Crippen molar-refractivity contribution in [1.29, 1.82) is 5.41 Å². The number of aliphatic imine (C=N–C) groups is 1. The van der Waals surface area contributed by atoms with Crippen LogP contribution in [0.2, 0.25) is 0 Å². The Balaban J connectivity index is 1.26. The molecule has 0 radical (unpaired) electrons. The number of benzene rings is 2. The molecule has 1 unspecified atom stereocenters. The van der Waals surface area contributed by atoms with E-state index in [1.165, 1.54) is 5.01 Å². The van der Waals surface area contributed by atoms with Crippen LogP contribution in [0.3, 0.4) is 0 Å². The second-order valence-corrected chi connectivity index (χ2v) is 9.46. The molecular formula is C26H25N5O4S. The summed E-state index contributed by atoms with van der Waals surface area (Å²) in [6.45, 7) is 4.14. The van der Waals surface area contributed by atoms with E-state index < -0.39 is 5.91 Å². The number of hydrogen-bond acceptors (Lipinski definition) is 7. The van der Waals surface area contributed by atoms with Crippen LogP contribution in [0.25, 0.3) is 6.08 Å². The zero-order valence-corrected chi connectivity index (χ0v) is 20.5. The molecule has 0 aromatic heterocycles. The summed E-state index contributed by atoms with van der Waals surface area (Å²) in [4.78, 5) is 31.1. The number of amidine groups is 2. The number of carbonyl (C=O) groups excluding carboxylic acids is 2. The maximum absolute atomic E-state index is 12.7. The SMILES string of the molecule is CC(Oc1ccc(/C=C2/C(=N)N3N=C(CC(=O)N4CCOCC4)SC3=NC2=O)cc1)c1ccccc1. The van der Waals surface area contributed by atoms with E-state index in [2.05, 4.69) is 10.1 Å². The molecule has 0 spiro atoms. The normalized spacial score (nSPS) is 19.6. The number of nitrogens with one attached hydrogen (secondary N) is 1. The first-order chi connectivity index (χ1) is 17.5. The minimum Gasteiger partial charge on any atom is -0.486 e. The molecule has 1 saturated heterocycles. The number of hydrazone groups is 1. The third-order valence-corrected chi connectivity index (χ3v) is 6.84. The van der Waals surface area contributed by atoms with E-state index in [9.17, 15) is 9.59 Å². The highest BCUT2D eigenvalue weighted by molar-refractivity contribution is 8.27. The topological polar surface area (TPSA) is 108 Å². The molecule has 1 fully saturated rings. The highest BCUT2D eigenvalue weighted by atomic mass is 32.2. The first-order valence-corrected chi connectivity index (χ1v) is 12.5. The number of amides is 2. The van der Waals surface area contributed by atoms with Crippen molar-refractivity contribution in [3.63, 3.8) is 0 Å². The van der Waals surface area contributed by atoms with Gasteiger partial charge < -0.3 is 14.4 Å². The first kappa shape index (κ1) is 24.0. The fourth-order valence-corrected chi connectivity index (χ4v) is 4.84. The average Bonchev–Trinajstić information content (AvgIpc) is 3.30. The Bertz CT molecular complexity index is 1270. The lowest BCUT2D eigenvalue weighted by Gasteiger charge is -2.26. The summed E-state index contributed by atoms with van der Waals surface area (Å²) >= 11 is 1.15. The van der Waals surface area contributed by atoms with Crippen LogP contribution in [-0.2, 0) is 14.3 Å². The molecular weight excluding hydrogens is 478 g/mol. The van der Waals surface area contributed by atoms with E-state index in [4.69, 9.17) is 14.9 Å². The summed E-state index contributed by atoms with van der Waals surface area (Å²) in [5, 5.41) is 15.1. The smallest absolute Gasteiger partial charge is 0.283 e. The molecule has 0 aliphatic carbocycles. The van der Waals surface area contributed by atoms with Gasteiger partial charge in [0.15, 0.2) is 5.84 Å². The molecule has 1 atom stereocenters. The van der Waals surface area contributed by atoms with Gasteiger partial charge in [0.2, 0.25) is 11.1 Å². The molecule has 0 saturated carbocycles. The predicted molar refractivity (Wildman–Crippen MR) is 139 cm³/mol. The van der Waals surface area contributed by atoms with E-state index in [1.54, 1.807) is 11.0 Å². The second-order valence-electron chi connectivity index (χ2n) is 8.42. The van der Waals surface area contributed by atoms with Crippen LogP contribution in [0.15, 0.2) is 70.3 Å². The Morgan fingerprint density at radius 3 is 2.61 bits per heavy atom. The first-order valence-electron chi connectivity index (χ1n) is 11.6. The van der Waals surface area contributed by atoms with E-state index in [1.807, 2.05) is 61.5 Å². The van der Waals surface area contributed by atoms with Crippen LogP contribution in [0.4, 0.5) is 0 Å². The molecule has 3 aliphatic rings. The second kappa shape index (κ2) is 10.5.